The average molecular weight is 204 g/mol. The predicted molar refractivity (Wildman–Crippen MR) is 57.4 cm³/mol. The lowest BCUT2D eigenvalue weighted by Crippen LogP contribution is -2.31. The lowest BCUT2D eigenvalue weighted by Gasteiger charge is -2.38. The zero-order valence-electron chi connectivity index (χ0n) is 8.98. The Labute approximate surface area is 89.9 Å². The van der Waals surface area contributed by atoms with Crippen molar-refractivity contribution in [2.75, 3.05) is 6.61 Å². The SMILES string of the molecule is CC1=CC[C@@H]2CO[C@@H](c3ccco3)[C@H]1C2. The van der Waals surface area contributed by atoms with E-state index in [9.17, 15) is 0 Å². The second-order valence-electron chi connectivity index (χ2n) is 4.66. The Morgan fingerprint density at radius 3 is 3.13 bits per heavy atom. The van der Waals surface area contributed by atoms with Gasteiger partial charge in [-0.15, -0.1) is 0 Å². The van der Waals surface area contributed by atoms with Crippen molar-refractivity contribution < 1.29 is 9.15 Å². The summed E-state index contributed by atoms with van der Waals surface area (Å²) >= 11 is 0. The first-order chi connectivity index (χ1) is 7.34. The third-order valence-electron chi connectivity index (χ3n) is 3.65. The van der Waals surface area contributed by atoms with Gasteiger partial charge in [0.25, 0.3) is 0 Å². The summed E-state index contributed by atoms with van der Waals surface area (Å²) in [6, 6.07) is 3.96. The van der Waals surface area contributed by atoms with Crippen molar-refractivity contribution in [1.82, 2.24) is 0 Å². The third kappa shape index (κ3) is 1.53. The molecule has 1 aromatic rings. The van der Waals surface area contributed by atoms with E-state index in [0.29, 0.717) is 5.92 Å². The number of hydrogen-bond donors (Lipinski definition) is 0. The summed E-state index contributed by atoms with van der Waals surface area (Å²) < 4.78 is 11.4. The topological polar surface area (TPSA) is 22.4 Å². The van der Waals surface area contributed by atoms with E-state index in [-0.39, 0.29) is 6.10 Å². The predicted octanol–water partition coefficient (Wildman–Crippen LogP) is 3.32. The fourth-order valence-electron chi connectivity index (χ4n) is 2.73. The fraction of sp³-hybridized carbons (Fsp3) is 0.538. The second kappa shape index (κ2) is 3.53. The van der Waals surface area contributed by atoms with Gasteiger partial charge in [-0.3, -0.25) is 0 Å². The normalized spacial score (nSPS) is 35.0. The summed E-state index contributed by atoms with van der Waals surface area (Å²) in [5.41, 5.74) is 1.47. The number of rotatable bonds is 1. The first-order valence-corrected chi connectivity index (χ1v) is 5.66. The molecule has 1 aliphatic heterocycles. The Morgan fingerprint density at radius 2 is 2.33 bits per heavy atom. The lowest BCUT2D eigenvalue weighted by atomic mass is 9.76. The van der Waals surface area contributed by atoms with Crippen molar-refractivity contribution in [2.24, 2.45) is 11.8 Å². The molecular formula is C13H16O2. The molecule has 3 rings (SSSR count). The van der Waals surface area contributed by atoms with Gasteiger partial charge in [0, 0.05) is 5.92 Å². The molecule has 0 radical (unpaired) electrons. The van der Waals surface area contributed by atoms with E-state index in [1.807, 2.05) is 12.1 Å². The zero-order valence-corrected chi connectivity index (χ0v) is 8.98. The molecule has 1 fully saturated rings. The first-order valence-electron chi connectivity index (χ1n) is 5.66. The van der Waals surface area contributed by atoms with Crippen LogP contribution in [0.2, 0.25) is 0 Å². The molecule has 0 amide bonds. The maximum Gasteiger partial charge on any atom is 0.133 e. The van der Waals surface area contributed by atoms with Crippen molar-refractivity contribution in [1.29, 1.82) is 0 Å². The highest BCUT2D eigenvalue weighted by Crippen LogP contribution is 2.44. The van der Waals surface area contributed by atoms with Crippen LogP contribution in [-0.2, 0) is 4.74 Å². The molecular weight excluding hydrogens is 188 g/mol. The summed E-state index contributed by atoms with van der Waals surface area (Å²) in [4.78, 5) is 0. The van der Waals surface area contributed by atoms with E-state index in [4.69, 9.17) is 9.15 Å². The van der Waals surface area contributed by atoms with Crippen LogP contribution in [0.15, 0.2) is 34.5 Å². The molecule has 0 unspecified atom stereocenters. The molecule has 2 nitrogen and oxygen atoms in total. The molecule has 1 saturated heterocycles. The van der Waals surface area contributed by atoms with E-state index in [1.165, 1.54) is 18.4 Å². The van der Waals surface area contributed by atoms with Crippen LogP contribution in [0.1, 0.15) is 31.6 Å². The zero-order chi connectivity index (χ0) is 10.3. The highest BCUT2D eigenvalue weighted by molar-refractivity contribution is 5.17. The minimum Gasteiger partial charge on any atom is -0.467 e. The molecule has 2 heteroatoms. The van der Waals surface area contributed by atoms with Crippen LogP contribution in [0.4, 0.5) is 0 Å². The molecule has 80 valence electrons. The summed E-state index contributed by atoms with van der Waals surface area (Å²) in [7, 11) is 0. The van der Waals surface area contributed by atoms with Gasteiger partial charge in [-0.05, 0) is 37.8 Å². The summed E-state index contributed by atoms with van der Waals surface area (Å²) in [6.07, 6.45) is 6.69. The Bertz CT molecular complexity index is 364. The van der Waals surface area contributed by atoms with Crippen LogP contribution in [0, 0.1) is 11.8 Å². The van der Waals surface area contributed by atoms with E-state index in [0.717, 1.165) is 18.3 Å². The molecule has 3 atom stereocenters. The van der Waals surface area contributed by atoms with Crippen molar-refractivity contribution >= 4 is 0 Å². The van der Waals surface area contributed by atoms with Gasteiger partial charge in [-0.25, -0.2) is 0 Å². The molecule has 0 spiro atoms. The van der Waals surface area contributed by atoms with E-state index in [1.54, 1.807) is 6.26 Å². The van der Waals surface area contributed by atoms with E-state index < -0.39 is 0 Å². The average Bonchev–Trinajstić information content (AvgIpc) is 2.77. The smallest absolute Gasteiger partial charge is 0.133 e. The van der Waals surface area contributed by atoms with Gasteiger partial charge in [0.05, 0.1) is 12.9 Å². The van der Waals surface area contributed by atoms with Crippen LogP contribution in [-0.4, -0.2) is 6.61 Å². The summed E-state index contributed by atoms with van der Waals surface area (Å²) in [5.74, 6) is 2.24. The van der Waals surface area contributed by atoms with Gasteiger partial charge in [0.1, 0.15) is 11.9 Å². The first kappa shape index (κ1) is 9.22. The molecule has 0 aromatic carbocycles. The molecule has 1 aliphatic carbocycles. The molecule has 2 aliphatic rings. The lowest BCUT2D eigenvalue weighted by molar-refractivity contribution is -0.0613. The minimum atomic E-state index is 0.146. The molecule has 2 bridgehead atoms. The van der Waals surface area contributed by atoms with Crippen molar-refractivity contribution in [3.8, 4) is 0 Å². The quantitative estimate of drug-likeness (QED) is 0.655. The largest absolute Gasteiger partial charge is 0.467 e. The van der Waals surface area contributed by atoms with Crippen LogP contribution < -0.4 is 0 Å². The highest BCUT2D eigenvalue weighted by Gasteiger charge is 2.36. The third-order valence-corrected chi connectivity index (χ3v) is 3.65. The molecule has 1 aromatic heterocycles. The second-order valence-corrected chi connectivity index (χ2v) is 4.66. The molecule has 15 heavy (non-hydrogen) atoms. The van der Waals surface area contributed by atoms with Crippen LogP contribution in [0.3, 0.4) is 0 Å². The van der Waals surface area contributed by atoms with Crippen LogP contribution in [0.5, 0.6) is 0 Å². The van der Waals surface area contributed by atoms with Crippen LogP contribution >= 0.6 is 0 Å². The number of ether oxygens (including phenoxy) is 1. The van der Waals surface area contributed by atoms with Gasteiger partial charge in [0.2, 0.25) is 0 Å². The van der Waals surface area contributed by atoms with Crippen molar-refractivity contribution in [2.45, 2.75) is 25.9 Å². The Morgan fingerprint density at radius 1 is 1.40 bits per heavy atom. The minimum absolute atomic E-state index is 0.146. The molecule has 0 saturated carbocycles. The number of allylic oxidation sites excluding steroid dienone is 1. The maximum absolute atomic E-state index is 5.93. The standard InChI is InChI=1S/C13H16O2/c1-9-4-5-10-7-11(9)13(15-8-10)12-3-2-6-14-12/h2-4,6,10-11,13H,5,7-8H2,1H3/t10-,11-,13+/m0/s1. The Balaban J connectivity index is 1.91. The van der Waals surface area contributed by atoms with Gasteiger partial charge >= 0.3 is 0 Å². The monoisotopic (exact) mass is 204 g/mol. The fourth-order valence-corrected chi connectivity index (χ4v) is 2.73. The van der Waals surface area contributed by atoms with Gasteiger partial charge in [-0.2, -0.15) is 0 Å². The van der Waals surface area contributed by atoms with Crippen molar-refractivity contribution in [3.63, 3.8) is 0 Å². The Kier molecular flexibility index (Phi) is 2.17. The van der Waals surface area contributed by atoms with Crippen LogP contribution in [0.25, 0.3) is 0 Å². The van der Waals surface area contributed by atoms with Gasteiger partial charge in [-0.1, -0.05) is 11.6 Å². The van der Waals surface area contributed by atoms with Gasteiger partial charge in [0.15, 0.2) is 0 Å². The summed E-state index contributed by atoms with van der Waals surface area (Å²) in [5, 5.41) is 0. The number of furan rings is 1. The number of hydrogen-bond acceptors (Lipinski definition) is 2. The van der Waals surface area contributed by atoms with Gasteiger partial charge < -0.3 is 9.15 Å². The summed E-state index contributed by atoms with van der Waals surface area (Å²) in [6.45, 7) is 3.09. The Hall–Kier alpha value is -1.02. The highest BCUT2D eigenvalue weighted by atomic mass is 16.5. The maximum atomic E-state index is 5.93. The molecule has 0 N–H and O–H groups in total. The van der Waals surface area contributed by atoms with E-state index in [2.05, 4.69) is 13.0 Å². The molecule has 2 heterocycles. The van der Waals surface area contributed by atoms with Crippen molar-refractivity contribution in [3.05, 3.63) is 35.8 Å². The number of fused-ring (bicyclic) bond motifs is 2. The van der Waals surface area contributed by atoms with E-state index >= 15 is 0 Å².